The van der Waals surface area contributed by atoms with Gasteiger partial charge < -0.3 is 9.11 Å². The maximum absolute atomic E-state index is 12.9. The van der Waals surface area contributed by atoms with Crippen LogP contribution in [-0.4, -0.2) is 48.0 Å². The van der Waals surface area contributed by atoms with E-state index in [0.717, 1.165) is 42.5 Å². The fraction of sp³-hybridized carbons (Fsp3) is 0.0588. The molecule has 35 heavy (non-hydrogen) atoms. The first-order valence-corrected chi connectivity index (χ1v) is 15.0. The monoisotopic (exact) mass is 618 g/mol. The average molecular weight is 619 g/mol. The van der Waals surface area contributed by atoms with E-state index in [-0.39, 0.29) is 59.1 Å². The van der Waals surface area contributed by atoms with Gasteiger partial charge in [0.25, 0.3) is 0 Å². The van der Waals surface area contributed by atoms with Gasteiger partial charge in [-0.1, -0.05) is 29.3 Å². The minimum Gasteiger partial charge on any atom is -0.744 e. The van der Waals surface area contributed by atoms with Crippen molar-refractivity contribution in [3.8, 4) is 0 Å². The van der Waals surface area contributed by atoms with Crippen LogP contribution in [0.4, 0.5) is 0 Å². The van der Waals surface area contributed by atoms with Crippen molar-refractivity contribution in [1.82, 2.24) is 0 Å². The summed E-state index contributed by atoms with van der Waals surface area (Å²) in [7, 11) is -19.1. The fourth-order valence-corrected chi connectivity index (χ4v) is 7.86. The Hall–Kier alpha value is 0.220. The van der Waals surface area contributed by atoms with Gasteiger partial charge in [0, 0.05) is 0 Å². The van der Waals surface area contributed by atoms with Crippen LogP contribution in [0.1, 0.15) is 0 Å². The van der Waals surface area contributed by atoms with Gasteiger partial charge in [0.05, 0.1) is 34.5 Å². The van der Waals surface area contributed by atoms with Crippen molar-refractivity contribution in [2.75, 3.05) is 0 Å². The van der Waals surface area contributed by atoms with Crippen molar-refractivity contribution < 1.29 is 102 Å². The second kappa shape index (κ2) is 11.5. The van der Waals surface area contributed by atoms with Crippen molar-refractivity contribution in [1.29, 1.82) is 0 Å². The molecule has 0 aliphatic heterocycles. The van der Waals surface area contributed by atoms with Gasteiger partial charge >= 0.3 is 59.1 Å². The van der Waals surface area contributed by atoms with Gasteiger partial charge in [0.15, 0.2) is 9.84 Å². The van der Waals surface area contributed by atoms with Gasteiger partial charge in [0.2, 0.25) is 9.84 Å². The first kappa shape index (κ1) is 33.2. The Morgan fingerprint density at radius 1 is 0.686 bits per heavy atom. The Morgan fingerprint density at radius 2 is 1.11 bits per heavy atom. The molecule has 178 valence electrons. The molecule has 18 heteroatoms. The summed E-state index contributed by atoms with van der Waals surface area (Å²) < 4.78 is 119. The Balaban J connectivity index is 0.00000306. The third kappa shape index (κ3) is 7.00. The molecule has 0 aromatic heterocycles. The van der Waals surface area contributed by atoms with E-state index in [4.69, 9.17) is 23.2 Å². The summed E-state index contributed by atoms with van der Waals surface area (Å²) in [6.07, 6.45) is 2.76. The molecular formula is C17H10Cl2Na2O10S4. The van der Waals surface area contributed by atoms with Gasteiger partial charge in [-0.15, -0.1) is 0 Å². The number of hydrogen-bond acceptors (Lipinski definition) is 10. The summed E-state index contributed by atoms with van der Waals surface area (Å²) >= 11 is 11.3. The summed E-state index contributed by atoms with van der Waals surface area (Å²) in [5.74, 6) is 0. The molecule has 0 bridgehead atoms. The third-order valence-electron chi connectivity index (χ3n) is 4.43. The maximum atomic E-state index is 12.9. The molecule has 2 aromatic rings. The van der Waals surface area contributed by atoms with Crippen LogP contribution in [-0.2, 0) is 39.9 Å². The summed E-state index contributed by atoms with van der Waals surface area (Å²) in [5, 5.41) is -2.55. The second-order valence-corrected chi connectivity index (χ2v) is 14.1. The number of allylic oxidation sites excluding steroid dienone is 1. The molecule has 0 saturated carbocycles. The molecule has 1 atom stereocenters. The number of hydrogen-bond donors (Lipinski definition) is 0. The molecule has 0 saturated heterocycles. The zero-order chi connectivity index (χ0) is 25.0. The topological polar surface area (TPSA) is 183 Å². The van der Waals surface area contributed by atoms with Crippen LogP contribution in [0.15, 0.2) is 79.1 Å². The molecule has 0 radical (unpaired) electrons. The van der Waals surface area contributed by atoms with Gasteiger partial charge in [-0.25, -0.2) is 33.7 Å². The predicted octanol–water partition coefficient (Wildman–Crippen LogP) is -4.12. The van der Waals surface area contributed by atoms with E-state index < -0.39 is 79.7 Å². The molecule has 3 rings (SSSR count). The number of benzene rings is 2. The van der Waals surface area contributed by atoms with Gasteiger partial charge in [-0.2, -0.15) is 0 Å². The Kier molecular flexibility index (Phi) is 11.0. The van der Waals surface area contributed by atoms with Crippen molar-refractivity contribution in [2.24, 2.45) is 0 Å². The average Bonchev–Trinajstić information content (AvgIpc) is 3.18. The summed E-state index contributed by atoms with van der Waals surface area (Å²) in [5.41, 5.74) is 0. The Morgan fingerprint density at radius 3 is 1.57 bits per heavy atom. The fourth-order valence-electron chi connectivity index (χ4n) is 2.82. The number of halogens is 2. The summed E-state index contributed by atoms with van der Waals surface area (Å²) in [6, 6.07) is 4.81. The van der Waals surface area contributed by atoms with Crippen molar-refractivity contribution >= 4 is 63.1 Å². The van der Waals surface area contributed by atoms with E-state index >= 15 is 0 Å². The first-order chi connectivity index (χ1) is 15.0. The quantitative estimate of drug-likeness (QED) is 0.228. The predicted molar refractivity (Wildman–Crippen MR) is 114 cm³/mol. The second-order valence-electron chi connectivity index (χ2n) is 6.53. The van der Waals surface area contributed by atoms with Crippen LogP contribution < -0.4 is 59.1 Å². The zero-order valence-electron chi connectivity index (χ0n) is 17.7. The van der Waals surface area contributed by atoms with Crippen molar-refractivity contribution in [3.05, 3.63) is 69.6 Å². The first-order valence-electron chi connectivity index (χ1n) is 8.35. The maximum Gasteiger partial charge on any atom is 1.00 e. The zero-order valence-corrected chi connectivity index (χ0v) is 26.5. The van der Waals surface area contributed by atoms with E-state index in [1.807, 2.05) is 0 Å². The van der Waals surface area contributed by atoms with Crippen molar-refractivity contribution in [3.63, 3.8) is 0 Å². The number of rotatable bonds is 6. The minimum absolute atomic E-state index is 0. The molecule has 0 heterocycles. The van der Waals surface area contributed by atoms with Crippen LogP contribution in [0.5, 0.6) is 0 Å². The molecular weight excluding hydrogens is 609 g/mol. The smallest absolute Gasteiger partial charge is 0.744 e. The van der Waals surface area contributed by atoms with E-state index in [9.17, 15) is 42.8 Å². The largest absolute Gasteiger partial charge is 1.00 e. The molecule has 2 aromatic carbocycles. The molecule has 1 aliphatic carbocycles. The molecule has 0 spiro atoms. The van der Waals surface area contributed by atoms with Crippen molar-refractivity contribution in [2.45, 2.75) is 24.8 Å². The van der Waals surface area contributed by atoms with Crippen LogP contribution in [0.25, 0.3) is 0 Å². The third-order valence-corrected chi connectivity index (χ3v) is 10.8. The van der Waals surface area contributed by atoms with E-state index in [1.165, 1.54) is 0 Å². The van der Waals surface area contributed by atoms with E-state index in [0.29, 0.717) is 12.1 Å². The summed E-state index contributed by atoms with van der Waals surface area (Å²) in [4.78, 5) is -3.68. The molecule has 10 nitrogen and oxygen atoms in total. The Labute approximate surface area is 256 Å². The molecule has 0 N–H and O–H groups in total. The normalized spacial score (nSPS) is 16.2. The molecule has 1 aliphatic rings. The standard InChI is InChI=1S/C17H12Cl2O10S4.2Na/c18-14-5-3-12(8-16(14)32(24,25)26)30(20,21)10-1-2-11(7-10)31(22,23)13-4-6-15(19)17(9-13)33(27,28)29;;/h1-10H,(H,24,25,26)(H,27,28,29);;/q;2*+1/p-2. The molecule has 0 amide bonds. The van der Waals surface area contributed by atoms with Crippen LogP contribution in [0.2, 0.25) is 10.0 Å². The van der Waals surface area contributed by atoms with Gasteiger partial charge in [0.1, 0.15) is 25.5 Å². The minimum atomic E-state index is -5.09. The molecule has 0 fully saturated rings. The van der Waals surface area contributed by atoms with Gasteiger partial charge in [-0.3, -0.25) is 0 Å². The number of sulfone groups is 2. The van der Waals surface area contributed by atoms with E-state index in [2.05, 4.69) is 0 Å². The van der Waals surface area contributed by atoms with Crippen LogP contribution in [0, 0.1) is 0 Å². The van der Waals surface area contributed by atoms with Gasteiger partial charge in [-0.05, 0) is 48.6 Å². The van der Waals surface area contributed by atoms with Crippen LogP contribution >= 0.6 is 23.2 Å². The Bertz CT molecular complexity index is 1660. The van der Waals surface area contributed by atoms with Crippen LogP contribution in [0.3, 0.4) is 0 Å². The SMILES string of the molecule is O=S(=O)([O-])c1cc(S(=O)(=O)C2=CC(S(=O)(=O)c3ccc(Cl)c(S(=O)(=O)[O-])c3)C=C2)ccc1Cl.[Na+].[Na+]. The summed E-state index contributed by atoms with van der Waals surface area (Å²) in [6.45, 7) is 0. The van der Waals surface area contributed by atoms with E-state index in [1.54, 1.807) is 0 Å². The molecule has 1 unspecified atom stereocenters.